The van der Waals surface area contributed by atoms with Gasteiger partial charge in [0, 0.05) is 10.3 Å². The maximum atomic E-state index is 11.0. The van der Waals surface area contributed by atoms with Crippen molar-refractivity contribution in [1.82, 2.24) is 0 Å². The van der Waals surface area contributed by atoms with Gasteiger partial charge in [0.2, 0.25) is 0 Å². The predicted molar refractivity (Wildman–Crippen MR) is 145 cm³/mol. The predicted octanol–water partition coefficient (Wildman–Crippen LogP) is 9.10. The van der Waals surface area contributed by atoms with Gasteiger partial charge in [0.1, 0.15) is 11.5 Å². The molecule has 0 aliphatic heterocycles. The minimum Gasteiger partial charge on any atom is -0.507 e. The van der Waals surface area contributed by atoms with Crippen LogP contribution in [0.4, 0.5) is 0 Å². The van der Waals surface area contributed by atoms with E-state index in [2.05, 4.69) is 52.8 Å². The zero-order valence-corrected chi connectivity index (χ0v) is 22.8. The van der Waals surface area contributed by atoms with Crippen LogP contribution in [0.15, 0.2) is 45.0 Å². The Kier molecular flexibility index (Phi) is 11.7. The van der Waals surface area contributed by atoms with E-state index in [1.54, 1.807) is 35.3 Å². The quantitative estimate of drug-likeness (QED) is 0.203. The fourth-order valence-electron chi connectivity index (χ4n) is 3.33. The molecule has 32 heavy (non-hydrogen) atoms. The average Bonchev–Trinajstić information content (AvgIpc) is 2.77. The van der Waals surface area contributed by atoms with Gasteiger partial charge in [-0.2, -0.15) is 0 Å². The van der Waals surface area contributed by atoms with E-state index in [0.29, 0.717) is 11.5 Å². The fraction of sp³-hybridized carbons (Fsp3) is 0.556. The molecule has 0 aliphatic carbocycles. The second-order valence-corrected chi connectivity index (χ2v) is 12.1. The first kappa shape index (κ1) is 27.3. The fourth-order valence-corrected chi connectivity index (χ4v) is 6.69. The molecule has 0 spiro atoms. The Hall–Kier alpha value is -0.910. The van der Waals surface area contributed by atoms with Gasteiger partial charge < -0.3 is 10.2 Å². The molecular weight excluding hydrogens is 452 g/mol. The van der Waals surface area contributed by atoms with Crippen LogP contribution >= 0.6 is 35.3 Å². The van der Waals surface area contributed by atoms with E-state index < -0.39 is 0 Å². The summed E-state index contributed by atoms with van der Waals surface area (Å²) in [6.45, 7) is 11.1. The third-order valence-electron chi connectivity index (χ3n) is 5.71. The van der Waals surface area contributed by atoms with Gasteiger partial charge in [0.25, 0.3) is 0 Å². The van der Waals surface area contributed by atoms with Gasteiger partial charge >= 0.3 is 0 Å². The molecule has 5 heteroatoms. The molecule has 2 rings (SSSR count). The lowest BCUT2D eigenvalue weighted by atomic mass is 9.78. The Morgan fingerprint density at radius 2 is 1.09 bits per heavy atom. The number of phenolic OH excluding ortho intramolecular Hbond substituents is 2. The number of benzene rings is 2. The summed E-state index contributed by atoms with van der Waals surface area (Å²) in [7, 11) is 0. The molecule has 0 saturated carbocycles. The van der Waals surface area contributed by atoms with Gasteiger partial charge in [-0.3, -0.25) is 0 Å². The van der Waals surface area contributed by atoms with E-state index in [1.807, 2.05) is 12.1 Å². The molecule has 0 bridgehead atoms. The van der Waals surface area contributed by atoms with Crippen molar-refractivity contribution in [1.29, 1.82) is 0 Å². The second kappa shape index (κ2) is 13.7. The van der Waals surface area contributed by atoms with Crippen molar-refractivity contribution in [3.05, 3.63) is 41.5 Å². The second-order valence-electron chi connectivity index (χ2n) is 8.73. The summed E-state index contributed by atoms with van der Waals surface area (Å²) >= 11 is 5.26. The SMILES string of the molecule is CCCCSc1cc(C(C)(C)c2cc(SCCCC)c(O)c(SCCCC)c2)ccc1O. The molecule has 178 valence electrons. The highest BCUT2D eigenvalue weighted by atomic mass is 32.2. The van der Waals surface area contributed by atoms with Crippen LogP contribution in [-0.2, 0) is 5.41 Å². The van der Waals surface area contributed by atoms with Crippen molar-refractivity contribution in [3.8, 4) is 11.5 Å². The Balaban J connectivity index is 2.42. The topological polar surface area (TPSA) is 40.5 Å². The van der Waals surface area contributed by atoms with Crippen LogP contribution < -0.4 is 0 Å². The molecule has 2 nitrogen and oxygen atoms in total. The molecule has 2 aromatic carbocycles. The third kappa shape index (κ3) is 7.56. The molecular formula is C27H40O2S3. The summed E-state index contributed by atoms with van der Waals surface area (Å²) in [5.41, 5.74) is 2.17. The highest BCUT2D eigenvalue weighted by Crippen LogP contribution is 2.44. The molecule has 0 heterocycles. The first-order valence-corrected chi connectivity index (χ1v) is 14.9. The molecule has 0 atom stereocenters. The van der Waals surface area contributed by atoms with E-state index in [-0.39, 0.29) is 5.41 Å². The van der Waals surface area contributed by atoms with Gasteiger partial charge in [0.05, 0.1) is 9.79 Å². The van der Waals surface area contributed by atoms with Crippen molar-refractivity contribution >= 4 is 35.3 Å². The molecule has 2 aromatic rings. The zero-order valence-electron chi connectivity index (χ0n) is 20.4. The van der Waals surface area contributed by atoms with Crippen LogP contribution in [0.3, 0.4) is 0 Å². The van der Waals surface area contributed by atoms with Gasteiger partial charge in [-0.15, -0.1) is 35.3 Å². The number of phenols is 2. The summed E-state index contributed by atoms with van der Waals surface area (Å²) < 4.78 is 0. The first-order valence-electron chi connectivity index (χ1n) is 11.9. The minimum atomic E-state index is -0.235. The van der Waals surface area contributed by atoms with Gasteiger partial charge in [-0.1, -0.05) is 59.9 Å². The van der Waals surface area contributed by atoms with Gasteiger partial charge in [-0.05, 0) is 71.9 Å². The maximum Gasteiger partial charge on any atom is 0.142 e. The summed E-state index contributed by atoms with van der Waals surface area (Å²) in [5.74, 6) is 3.86. The maximum absolute atomic E-state index is 11.0. The van der Waals surface area contributed by atoms with Crippen molar-refractivity contribution in [2.75, 3.05) is 17.3 Å². The van der Waals surface area contributed by atoms with Crippen LogP contribution in [-0.4, -0.2) is 27.5 Å². The molecule has 0 fully saturated rings. The highest BCUT2D eigenvalue weighted by molar-refractivity contribution is 8.00. The van der Waals surface area contributed by atoms with Crippen LogP contribution in [0.1, 0.15) is 84.3 Å². The van der Waals surface area contributed by atoms with Crippen LogP contribution in [0.2, 0.25) is 0 Å². The van der Waals surface area contributed by atoms with E-state index in [9.17, 15) is 10.2 Å². The molecule has 2 N–H and O–H groups in total. The molecule has 0 unspecified atom stereocenters. The Morgan fingerprint density at radius 1 is 0.656 bits per heavy atom. The number of hydrogen-bond donors (Lipinski definition) is 2. The van der Waals surface area contributed by atoms with Crippen molar-refractivity contribution in [2.24, 2.45) is 0 Å². The summed E-state index contributed by atoms with van der Waals surface area (Å²) in [6, 6.07) is 10.4. The van der Waals surface area contributed by atoms with E-state index in [0.717, 1.165) is 70.5 Å². The van der Waals surface area contributed by atoms with E-state index in [1.165, 1.54) is 11.1 Å². The van der Waals surface area contributed by atoms with Crippen molar-refractivity contribution in [3.63, 3.8) is 0 Å². The number of thioether (sulfide) groups is 3. The Labute approximate surface area is 208 Å². The minimum absolute atomic E-state index is 0.235. The Bertz CT molecular complexity index is 818. The Morgan fingerprint density at radius 3 is 1.56 bits per heavy atom. The van der Waals surface area contributed by atoms with E-state index >= 15 is 0 Å². The van der Waals surface area contributed by atoms with E-state index in [4.69, 9.17) is 0 Å². The standard InChI is InChI=1S/C27H40O2S3/c1-6-9-14-30-23-17-20(12-13-22(23)28)27(4,5)21-18-24(31-15-10-7-2)26(29)25(19-21)32-16-11-8-3/h12-13,17-19,28-29H,6-11,14-16H2,1-5H3. The molecule has 0 amide bonds. The zero-order chi connectivity index (χ0) is 23.6. The lowest BCUT2D eigenvalue weighted by molar-refractivity contribution is 0.447. The lowest BCUT2D eigenvalue weighted by Crippen LogP contribution is -2.19. The van der Waals surface area contributed by atoms with Crippen molar-refractivity contribution in [2.45, 2.75) is 93.2 Å². The number of aromatic hydroxyl groups is 2. The summed E-state index contributed by atoms with van der Waals surface area (Å²) in [6.07, 6.45) is 6.90. The number of unbranched alkanes of at least 4 members (excludes halogenated alkanes) is 3. The van der Waals surface area contributed by atoms with Crippen molar-refractivity contribution < 1.29 is 10.2 Å². The molecule has 0 aromatic heterocycles. The largest absolute Gasteiger partial charge is 0.507 e. The van der Waals surface area contributed by atoms with Crippen LogP contribution in [0, 0.1) is 0 Å². The smallest absolute Gasteiger partial charge is 0.142 e. The number of rotatable bonds is 14. The van der Waals surface area contributed by atoms with Gasteiger partial charge in [0.15, 0.2) is 0 Å². The highest BCUT2D eigenvalue weighted by Gasteiger charge is 2.27. The average molecular weight is 493 g/mol. The lowest BCUT2D eigenvalue weighted by Gasteiger charge is -2.28. The molecule has 0 radical (unpaired) electrons. The number of hydrogen-bond acceptors (Lipinski definition) is 5. The summed E-state index contributed by atoms with van der Waals surface area (Å²) in [5, 5.41) is 21.3. The monoisotopic (exact) mass is 492 g/mol. The van der Waals surface area contributed by atoms with Crippen LogP contribution in [0.25, 0.3) is 0 Å². The van der Waals surface area contributed by atoms with Gasteiger partial charge in [-0.25, -0.2) is 0 Å². The normalized spacial score (nSPS) is 11.8. The molecule has 0 saturated heterocycles. The summed E-state index contributed by atoms with van der Waals surface area (Å²) in [4.78, 5) is 2.93. The van der Waals surface area contributed by atoms with Crippen LogP contribution in [0.5, 0.6) is 11.5 Å². The first-order chi connectivity index (χ1) is 15.3. The molecule has 0 aliphatic rings. The third-order valence-corrected chi connectivity index (χ3v) is 9.07.